The Balaban J connectivity index is 1.57. The summed E-state index contributed by atoms with van der Waals surface area (Å²) in [5, 5.41) is 10.5. The maximum absolute atomic E-state index is 13.8. The van der Waals surface area contributed by atoms with Crippen molar-refractivity contribution in [3.63, 3.8) is 0 Å². The number of fused-ring (bicyclic) bond motifs is 1. The molecule has 3 atom stereocenters. The monoisotopic (exact) mass is 554 g/mol. The zero-order valence-corrected chi connectivity index (χ0v) is 25.0. The molecule has 0 aliphatic carbocycles. The van der Waals surface area contributed by atoms with Crippen molar-refractivity contribution in [3.8, 4) is 5.75 Å². The Labute approximate surface area is 239 Å². The molecule has 0 saturated carbocycles. The third-order valence-electron chi connectivity index (χ3n) is 8.49. The van der Waals surface area contributed by atoms with Gasteiger partial charge in [-0.15, -0.1) is 0 Å². The zero-order chi connectivity index (χ0) is 28.9. The van der Waals surface area contributed by atoms with Gasteiger partial charge in [0.15, 0.2) is 0 Å². The quantitative estimate of drug-likeness (QED) is 0.361. The first-order valence-corrected chi connectivity index (χ1v) is 14.8. The number of carbonyl (C=O) groups excluding carboxylic acids is 1. The number of likely N-dealkylation sites (tertiary alicyclic amines) is 1. The number of carboxylic acid groups (broad SMARTS) is 1. The van der Waals surface area contributed by atoms with Gasteiger partial charge in [0.05, 0.1) is 46.8 Å². The van der Waals surface area contributed by atoms with Gasteiger partial charge in [-0.3, -0.25) is 14.5 Å². The van der Waals surface area contributed by atoms with E-state index >= 15 is 0 Å². The van der Waals surface area contributed by atoms with Gasteiger partial charge < -0.3 is 23.8 Å². The van der Waals surface area contributed by atoms with E-state index in [1.807, 2.05) is 34.8 Å². The van der Waals surface area contributed by atoms with Crippen LogP contribution in [0.5, 0.6) is 5.75 Å². The molecule has 4 rings (SSSR count). The molecule has 1 saturated heterocycles. The molecule has 0 radical (unpaired) electrons. The summed E-state index contributed by atoms with van der Waals surface area (Å²) < 4.78 is 8.55. The van der Waals surface area contributed by atoms with Crippen LogP contribution in [-0.4, -0.2) is 107 Å². The van der Waals surface area contributed by atoms with Crippen LogP contribution in [0.15, 0.2) is 30.6 Å². The summed E-state index contributed by atoms with van der Waals surface area (Å²) in [4.78, 5) is 35.2. The number of amides is 1. The number of carboxylic acids is 1. The van der Waals surface area contributed by atoms with Crippen LogP contribution < -0.4 is 4.74 Å². The predicted molar refractivity (Wildman–Crippen MR) is 155 cm³/mol. The average molecular weight is 555 g/mol. The van der Waals surface area contributed by atoms with Crippen LogP contribution in [0.2, 0.25) is 0 Å². The average Bonchev–Trinajstić information content (AvgIpc) is 3.62. The number of benzene rings is 1. The topological polar surface area (TPSA) is 87.9 Å². The first kappa shape index (κ1) is 30.1. The molecule has 1 N–H and O–H groups in total. The lowest BCUT2D eigenvalue weighted by Crippen LogP contribution is -2.45. The number of hydrogen-bond acceptors (Lipinski definition) is 5. The number of aryl methyl sites for hydroxylation is 2. The van der Waals surface area contributed by atoms with Crippen molar-refractivity contribution in [2.75, 3.05) is 60.5 Å². The molecule has 1 amide bonds. The summed E-state index contributed by atoms with van der Waals surface area (Å²) in [6.07, 6.45) is 8.77. The number of quaternary nitrogens is 1. The summed E-state index contributed by atoms with van der Waals surface area (Å²) in [5.74, 6) is 0.336. The first-order valence-electron chi connectivity index (χ1n) is 14.8. The molecular weight excluding hydrogens is 506 g/mol. The van der Waals surface area contributed by atoms with Gasteiger partial charge in [-0.1, -0.05) is 25.5 Å². The second-order valence-electron chi connectivity index (χ2n) is 12.5. The lowest BCUT2D eigenvalue weighted by atomic mass is 9.83. The van der Waals surface area contributed by atoms with Crippen molar-refractivity contribution in [3.05, 3.63) is 47.5 Å². The summed E-state index contributed by atoms with van der Waals surface area (Å²) in [5.41, 5.74) is 2.17. The Morgan fingerprint density at radius 3 is 2.65 bits per heavy atom. The van der Waals surface area contributed by atoms with Gasteiger partial charge in [0.1, 0.15) is 11.6 Å². The van der Waals surface area contributed by atoms with E-state index in [9.17, 15) is 14.7 Å². The van der Waals surface area contributed by atoms with E-state index < -0.39 is 11.9 Å². The van der Waals surface area contributed by atoms with Crippen LogP contribution in [0.25, 0.3) is 0 Å². The molecule has 1 aromatic heterocycles. The number of rotatable bonds is 14. The van der Waals surface area contributed by atoms with E-state index in [4.69, 9.17) is 4.74 Å². The van der Waals surface area contributed by atoms with Crippen molar-refractivity contribution >= 4 is 11.9 Å². The van der Waals surface area contributed by atoms with E-state index in [2.05, 4.69) is 44.0 Å². The molecule has 9 heteroatoms. The van der Waals surface area contributed by atoms with Gasteiger partial charge in [0, 0.05) is 70.3 Å². The highest BCUT2D eigenvalue weighted by Crippen LogP contribution is 2.41. The Bertz CT molecular complexity index is 1160. The summed E-state index contributed by atoms with van der Waals surface area (Å²) in [6.45, 7) is 6.08. The molecule has 0 bridgehead atoms. The van der Waals surface area contributed by atoms with Gasteiger partial charge in [0.25, 0.3) is 0 Å². The third-order valence-corrected chi connectivity index (χ3v) is 8.49. The number of carbonyl (C=O) groups is 2. The van der Waals surface area contributed by atoms with Crippen molar-refractivity contribution in [1.82, 2.24) is 19.4 Å². The number of unbranched alkanes of at least 4 members (excludes halogenated alkanes) is 1. The Morgan fingerprint density at radius 1 is 1.20 bits per heavy atom. The van der Waals surface area contributed by atoms with Crippen LogP contribution in [0.4, 0.5) is 0 Å². The lowest BCUT2D eigenvalue weighted by Gasteiger charge is -2.30. The van der Waals surface area contributed by atoms with Gasteiger partial charge >= 0.3 is 5.97 Å². The normalized spacial score (nSPS) is 20.9. The highest BCUT2D eigenvalue weighted by molar-refractivity contribution is 5.79. The van der Waals surface area contributed by atoms with Crippen LogP contribution in [0, 0.1) is 5.92 Å². The SMILES string of the molecule is CCCCN(CCC[N+](C)(C)C)C(=O)CN1CC(c2ccc3c(c2)CCO3)C(C(=O)O)C1CCc1nccn1C. The number of ether oxygens (including phenoxy) is 1. The Morgan fingerprint density at radius 2 is 1.98 bits per heavy atom. The smallest absolute Gasteiger partial charge is 0.308 e. The lowest BCUT2D eigenvalue weighted by molar-refractivity contribution is -0.870. The van der Waals surface area contributed by atoms with Crippen LogP contribution in [0.1, 0.15) is 55.5 Å². The molecule has 0 spiro atoms. The van der Waals surface area contributed by atoms with E-state index in [0.717, 1.165) is 72.5 Å². The molecule has 2 aromatic rings. The van der Waals surface area contributed by atoms with Crippen molar-refractivity contribution in [2.24, 2.45) is 13.0 Å². The number of hydrogen-bond donors (Lipinski definition) is 1. The second kappa shape index (κ2) is 13.2. The number of aliphatic carboxylic acids is 1. The fourth-order valence-electron chi connectivity index (χ4n) is 6.26. The molecule has 2 aliphatic heterocycles. The largest absolute Gasteiger partial charge is 0.493 e. The molecule has 40 heavy (non-hydrogen) atoms. The minimum atomic E-state index is -0.799. The van der Waals surface area contributed by atoms with Gasteiger partial charge in [-0.2, -0.15) is 0 Å². The first-order chi connectivity index (χ1) is 19.1. The maximum atomic E-state index is 13.8. The van der Waals surface area contributed by atoms with E-state index in [1.165, 1.54) is 0 Å². The Kier molecular flexibility index (Phi) is 9.90. The van der Waals surface area contributed by atoms with Crippen molar-refractivity contribution in [2.45, 2.75) is 57.4 Å². The fraction of sp³-hybridized carbons (Fsp3) is 0.645. The Hall–Kier alpha value is -2.91. The van der Waals surface area contributed by atoms with E-state index in [-0.39, 0.29) is 24.4 Å². The summed E-state index contributed by atoms with van der Waals surface area (Å²) >= 11 is 0. The van der Waals surface area contributed by atoms with Crippen molar-refractivity contribution < 1.29 is 23.9 Å². The fourth-order valence-corrected chi connectivity index (χ4v) is 6.26. The van der Waals surface area contributed by atoms with E-state index in [0.29, 0.717) is 26.0 Å². The van der Waals surface area contributed by atoms with Crippen molar-refractivity contribution in [1.29, 1.82) is 0 Å². The molecule has 3 unspecified atom stereocenters. The molecule has 9 nitrogen and oxygen atoms in total. The standard InChI is InChI=1S/C31H47N5O4/c1-6-7-15-34(16-8-18-36(3,4)5)29(37)22-35-21-25(23-9-11-27-24(20-23)13-19-40-27)30(31(38)39)26(35)10-12-28-32-14-17-33(28)2/h9,11,14,17,20,25-26,30H,6-8,10,12-13,15-16,18-19,21-22H2,1-5H3/p+1. The molecule has 220 valence electrons. The van der Waals surface area contributed by atoms with Crippen LogP contribution in [0.3, 0.4) is 0 Å². The molecular formula is C31H48N5O4+. The maximum Gasteiger partial charge on any atom is 0.308 e. The second-order valence-corrected chi connectivity index (χ2v) is 12.5. The zero-order valence-electron chi connectivity index (χ0n) is 25.0. The third kappa shape index (κ3) is 7.43. The number of imidazole rings is 1. The summed E-state index contributed by atoms with van der Waals surface area (Å²) in [7, 11) is 8.48. The van der Waals surface area contributed by atoms with Gasteiger partial charge in [0.2, 0.25) is 5.91 Å². The molecule has 3 heterocycles. The number of aromatic nitrogens is 2. The van der Waals surface area contributed by atoms with Crippen LogP contribution >= 0.6 is 0 Å². The molecule has 1 fully saturated rings. The number of nitrogens with zero attached hydrogens (tertiary/aromatic N) is 5. The summed E-state index contributed by atoms with van der Waals surface area (Å²) in [6, 6.07) is 5.87. The minimum absolute atomic E-state index is 0.101. The van der Waals surface area contributed by atoms with Gasteiger partial charge in [-0.05, 0) is 30.0 Å². The molecule has 2 aliphatic rings. The highest BCUT2D eigenvalue weighted by Gasteiger charge is 2.47. The highest BCUT2D eigenvalue weighted by atomic mass is 16.5. The van der Waals surface area contributed by atoms with E-state index in [1.54, 1.807) is 6.20 Å². The van der Waals surface area contributed by atoms with Gasteiger partial charge in [-0.25, -0.2) is 4.98 Å². The molecule has 1 aromatic carbocycles. The predicted octanol–water partition coefficient (Wildman–Crippen LogP) is 3.18. The minimum Gasteiger partial charge on any atom is -0.493 e. The van der Waals surface area contributed by atoms with Crippen LogP contribution in [-0.2, 0) is 29.5 Å².